The number of aromatic nitrogens is 3. The molecule has 1 fully saturated rings. The van der Waals surface area contributed by atoms with E-state index in [-0.39, 0.29) is 17.6 Å². The summed E-state index contributed by atoms with van der Waals surface area (Å²) in [6.07, 6.45) is 7.31. The molecule has 6 nitrogen and oxygen atoms in total. The van der Waals surface area contributed by atoms with E-state index in [9.17, 15) is 9.18 Å². The van der Waals surface area contributed by atoms with Crippen LogP contribution in [0.2, 0.25) is 0 Å². The Balaban J connectivity index is 1.49. The van der Waals surface area contributed by atoms with Gasteiger partial charge in [0.25, 0.3) is 0 Å². The molecule has 1 saturated heterocycles. The lowest BCUT2D eigenvalue weighted by Crippen LogP contribution is -2.41. The fraction of sp³-hybridized carbons (Fsp3) is 0.409. The number of nitrogens with zero attached hydrogens (tertiary/aromatic N) is 4. The van der Waals surface area contributed by atoms with Crippen LogP contribution >= 0.6 is 0 Å². The second-order valence-corrected chi connectivity index (χ2v) is 7.52. The zero-order chi connectivity index (χ0) is 20.2. The molecule has 1 aliphatic heterocycles. The van der Waals surface area contributed by atoms with Crippen molar-refractivity contribution in [3.8, 4) is 11.3 Å². The lowest BCUT2D eigenvalue weighted by Gasteiger charge is -2.32. The molecule has 7 heteroatoms. The van der Waals surface area contributed by atoms with Gasteiger partial charge < -0.3 is 10.2 Å². The predicted molar refractivity (Wildman–Crippen MR) is 111 cm³/mol. The van der Waals surface area contributed by atoms with E-state index in [2.05, 4.69) is 27.2 Å². The Morgan fingerprint density at radius 3 is 2.72 bits per heavy atom. The SMILES string of the molecule is CCCCNC(=O)C1CCN(c2nccn3nc(-c4ccc(F)cc4)cc23)CC1. The molecule has 1 N–H and O–H groups in total. The summed E-state index contributed by atoms with van der Waals surface area (Å²) in [6.45, 7) is 4.46. The first-order valence-electron chi connectivity index (χ1n) is 10.3. The Hall–Kier alpha value is -2.96. The average Bonchev–Trinajstić information content (AvgIpc) is 3.19. The first kappa shape index (κ1) is 19.4. The fourth-order valence-corrected chi connectivity index (χ4v) is 3.80. The molecule has 152 valence electrons. The number of anilines is 1. The number of piperidine rings is 1. The third-order valence-electron chi connectivity index (χ3n) is 5.50. The van der Waals surface area contributed by atoms with Crippen LogP contribution in [0.1, 0.15) is 32.6 Å². The third-order valence-corrected chi connectivity index (χ3v) is 5.50. The topological polar surface area (TPSA) is 62.5 Å². The normalized spacial score (nSPS) is 15.0. The number of fused-ring (bicyclic) bond motifs is 1. The number of amides is 1. The van der Waals surface area contributed by atoms with Crippen molar-refractivity contribution < 1.29 is 9.18 Å². The highest BCUT2D eigenvalue weighted by Gasteiger charge is 2.26. The minimum atomic E-state index is -0.263. The number of rotatable bonds is 6. The summed E-state index contributed by atoms with van der Waals surface area (Å²) < 4.78 is 15.0. The molecule has 0 radical (unpaired) electrons. The zero-order valence-electron chi connectivity index (χ0n) is 16.6. The van der Waals surface area contributed by atoms with Gasteiger partial charge in [0.15, 0.2) is 5.82 Å². The molecule has 2 aromatic heterocycles. The molecule has 4 rings (SSSR count). The first-order chi connectivity index (χ1) is 14.2. The van der Waals surface area contributed by atoms with Crippen LogP contribution < -0.4 is 10.2 Å². The zero-order valence-corrected chi connectivity index (χ0v) is 16.6. The van der Waals surface area contributed by atoms with Crippen molar-refractivity contribution in [2.75, 3.05) is 24.5 Å². The van der Waals surface area contributed by atoms with Crippen LogP contribution in [0.4, 0.5) is 10.2 Å². The molecule has 1 amide bonds. The van der Waals surface area contributed by atoms with Crippen LogP contribution in [0.25, 0.3) is 16.8 Å². The smallest absolute Gasteiger partial charge is 0.223 e. The minimum Gasteiger partial charge on any atom is -0.356 e. The second kappa shape index (κ2) is 8.59. The number of hydrogen-bond donors (Lipinski definition) is 1. The van der Waals surface area contributed by atoms with Gasteiger partial charge in [0, 0.05) is 43.5 Å². The van der Waals surface area contributed by atoms with Crippen molar-refractivity contribution >= 4 is 17.2 Å². The molecular formula is C22H26FN5O. The first-order valence-corrected chi connectivity index (χ1v) is 10.3. The lowest BCUT2D eigenvalue weighted by atomic mass is 9.96. The van der Waals surface area contributed by atoms with Gasteiger partial charge in [-0.1, -0.05) is 13.3 Å². The lowest BCUT2D eigenvalue weighted by molar-refractivity contribution is -0.125. The molecule has 1 aromatic carbocycles. The Bertz CT molecular complexity index is 977. The third kappa shape index (κ3) is 4.23. The van der Waals surface area contributed by atoms with Crippen LogP contribution in [0.15, 0.2) is 42.7 Å². The van der Waals surface area contributed by atoms with Gasteiger partial charge in [-0.15, -0.1) is 0 Å². The summed E-state index contributed by atoms with van der Waals surface area (Å²) in [5.74, 6) is 0.856. The molecule has 0 spiro atoms. The van der Waals surface area contributed by atoms with Crippen molar-refractivity contribution in [2.45, 2.75) is 32.6 Å². The Morgan fingerprint density at radius 1 is 1.24 bits per heavy atom. The molecule has 3 heterocycles. The number of halogens is 1. The highest BCUT2D eigenvalue weighted by molar-refractivity contribution is 5.79. The number of hydrogen-bond acceptors (Lipinski definition) is 4. The monoisotopic (exact) mass is 395 g/mol. The summed E-state index contributed by atoms with van der Waals surface area (Å²) >= 11 is 0. The molecule has 1 aliphatic rings. The van der Waals surface area contributed by atoms with Crippen LogP contribution in [-0.4, -0.2) is 40.1 Å². The van der Waals surface area contributed by atoms with Crippen molar-refractivity contribution in [2.24, 2.45) is 5.92 Å². The van der Waals surface area contributed by atoms with Gasteiger partial charge in [-0.25, -0.2) is 13.9 Å². The maximum atomic E-state index is 13.2. The average molecular weight is 395 g/mol. The quantitative estimate of drug-likeness (QED) is 0.647. The summed E-state index contributed by atoms with van der Waals surface area (Å²) in [4.78, 5) is 19.1. The van der Waals surface area contributed by atoms with Crippen LogP contribution in [0, 0.1) is 11.7 Å². The molecular weight excluding hydrogens is 369 g/mol. The molecule has 0 aliphatic carbocycles. The Kier molecular flexibility index (Phi) is 5.74. The van der Waals surface area contributed by atoms with E-state index in [0.29, 0.717) is 0 Å². The largest absolute Gasteiger partial charge is 0.356 e. The van der Waals surface area contributed by atoms with Crippen molar-refractivity contribution in [1.29, 1.82) is 0 Å². The molecule has 0 unspecified atom stereocenters. The van der Waals surface area contributed by atoms with Crippen LogP contribution in [0.5, 0.6) is 0 Å². The molecule has 3 aromatic rings. The van der Waals surface area contributed by atoms with Crippen LogP contribution in [0.3, 0.4) is 0 Å². The van der Waals surface area contributed by atoms with Gasteiger partial charge in [0.1, 0.15) is 11.3 Å². The maximum absolute atomic E-state index is 13.2. The summed E-state index contributed by atoms with van der Waals surface area (Å²) in [5, 5.41) is 7.67. The highest BCUT2D eigenvalue weighted by atomic mass is 19.1. The van der Waals surface area contributed by atoms with E-state index in [4.69, 9.17) is 0 Å². The van der Waals surface area contributed by atoms with Gasteiger partial charge in [-0.05, 0) is 49.6 Å². The molecule has 29 heavy (non-hydrogen) atoms. The van der Waals surface area contributed by atoms with Gasteiger partial charge in [-0.2, -0.15) is 5.10 Å². The molecule has 0 bridgehead atoms. The van der Waals surface area contributed by atoms with E-state index in [1.165, 1.54) is 12.1 Å². The van der Waals surface area contributed by atoms with Crippen molar-refractivity contribution in [1.82, 2.24) is 19.9 Å². The predicted octanol–water partition coefficient (Wildman–Crippen LogP) is 3.67. The van der Waals surface area contributed by atoms with Gasteiger partial charge in [0.2, 0.25) is 5.91 Å². The van der Waals surface area contributed by atoms with Gasteiger partial charge >= 0.3 is 0 Å². The van der Waals surface area contributed by atoms with Gasteiger partial charge in [-0.3, -0.25) is 4.79 Å². The molecule has 0 atom stereocenters. The summed E-state index contributed by atoms with van der Waals surface area (Å²) in [6, 6.07) is 8.32. The minimum absolute atomic E-state index is 0.0718. The van der Waals surface area contributed by atoms with E-state index >= 15 is 0 Å². The summed E-state index contributed by atoms with van der Waals surface area (Å²) in [5.41, 5.74) is 2.56. The summed E-state index contributed by atoms with van der Waals surface area (Å²) in [7, 11) is 0. The number of benzene rings is 1. The van der Waals surface area contributed by atoms with Crippen molar-refractivity contribution in [3.05, 3.63) is 48.5 Å². The highest BCUT2D eigenvalue weighted by Crippen LogP contribution is 2.28. The maximum Gasteiger partial charge on any atom is 0.223 e. The number of carbonyl (C=O) groups excluding carboxylic acids is 1. The Morgan fingerprint density at radius 2 is 2.00 bits per heavy atom. The van der Waals surface area contributed by atoms with E-state index in [0.717, 1.165) is 67.9 Å². The number of carbonyl (C=O) groups is 1. The fourth-order valence-electron chi connectivity index (χ4n) is 3.80. The van der Waals surface area contributed by atoms with E-state index < -0.39 is 0 Å². The van der Waals surface area contributed by atoms with Gasteiger partial charge in [0.05, 0.1) is 5.69 Å². The standard InChI is InChI=1S/C22H26FN5O/c1-2-3-10-25-22(29)17-8-12-27(13-9-17)21-20-15-19(26-28(20)14-11-24-21)16-4-6-18(23)7-5-16/h4-7,11,14-15,17H,2-3,8-10,12-13H2,1H3,(H,25,29). The Labute approximate surface area is 169 Å². The van der Waals surface area contributed by atoms with E-state index in [1.54, 1.807) is 18.3 Å². The van der Waals surface area contributed by atoms with Crippen molar-refractivity contribution in [3.63, 3.8) is 0 Å². The second-order valence-electron chi connectivity index (χ2n) is 7.52. The number of nitrogens with one attached hydrogen (secondary N) is 1. The van der Waals surface area contributed by atoms with E-state index in [1.807, 2.05) is 16.8 Å². The number of unbranched alkanes of at least 4 members (excludes halogenated alkanes) is 1. The molecule has 0 saturated carbocycles. The van der Waals surface area contributed by atoms with Crippen LogP contribution in [-0.2, 0) is 4.79 Å².